The number of hydrogen-bond donors (Lipinski definition) is 2. The maximum absolute atomic E-state index is 10.8. The second-order valence-corrected chi connectivity index (χ2v) is 5.70. The van der Waals surface area contributed by atoms with Crippen LogP contribution in [0.2, 0.25) is 0 Å². The van der Waals surface area contributed by atoms with E-state index in [0.717, 1.165) is 11.8 Å². The number of hydrogen-bond acceptors (Lipinski definition) is 7. The Bertz CT molecular complexity index is 574. The molecule has 2 aromatic rings. The second kappa shape index (κ2) is 7.30. The van der Waals surface area contributed by atoms with Gasteiger partial charge >= 0.3 is 0 Å². The predicted molar refractivity (Wildman–Crippen MR) is 77.9 cm³/mol. The molecule has 112 valence electrons. The molecule has 2 aromatic heterocycles. The molecule has 0 spiro atoms. The van der Waals surface area contributed by atoms with Gasteiger partial charge in [-0.05, 0) is 6.42 Å². The van der Waals surface area contributed by atoms with Gasteiger partial charge in [-0.2, -0.15) is 0 Å². The zero-order valence-corrected chi connectivity index (χ0v) is 12.3. The summed E-state index contributed by atoms with van der Waals surface area (Å²) in [5.41, 5.74) is 0.430. The largest absolute Gasteiger partial charge is 0.390 e. The summed E-state index contributed by atoms with van der Waals surface area (Å²) in [6, 6.07) is 0. The van der Waals surface area contributed by atoms with Gasteiger partial charge in [-0.15, -0.1) is 0 Å². The summed E-state index contributed by atoms with van der Waals surface area (Å²) < 4.78 is 1.64. The van der Waals surface area contributed by atoms with Gasteiger partial charge in [0.25, 0.3) is 0 Å². The molecule has 2 heterocycles. The van der Waals surface area contributed by atoms with E-state index >= 15 is 0 Å². The smallest absolute Gasteiger partial charge is 0.234 e. The van der Waals surface area contributed by atoms with Gasteiger partial charge in [0.05, 0.1) is 6.10 Å². The summed E-state index contributed by atoms with van der Waals surface area (Å²) in [5.74, 6) is 0.895. The first kappa shape index (κ1) is 15.6. The van der Waals surface area contributed by atoms with Crippen molar-refractivity contribution in [2.45, 2.75) is 25.6 Å². The molecule has 0 amide bonds. The number of nitrogens with zero attached hydrogens (tertiary/aromatic N) is 4. The van der Waals surface area contributed by atoms with Crippen LogP contribution in [-0.2, 0) is 4.79 Å². The van der Waals surface area contributed by atoms with Crippen molar-refractivity contribution in [3.8, 4) is 5.95 Å². The standard InChI is InChI=1S/C13H16N4O3S/c1-9(18)21-5-2-11(19)12(20)10-6-15-13(16-7-10)17-4-3-14-8-17/h3-4,6-8,11-12,19-20H,2,5H2,1H3. The Hall–Kier alpha value is -1.77. The Morgan fingerprint density at radius 2 is 2.10 bits per heavy atom. The van der Waals surface area contributed by atoms with Crippen molar-refractivity contribution in [1.29, 1.82) is 0 Å². The van der Waals surface area contributed by atoms with Crippen LogP contribution in [0.3, 0.4) is 0 Å². The molecule has 2 atom stereocenters. The quantitative estimate of drug-likeness (QED) is 0.811. The lowest BCUT2D eigenvalue weighted by Gasteiger charge is -2.17. The van der Waals surface area contributed by atoms with E-state index in [-0.39, 0.29) is 5.12 Å². The third-order valence-electron chi connectivity index (χ3n) is 2.82. The van der Waals surface area contributed by atoms with Gasteiger partial charge in [-0.1, -0.05) is 11.8 Å². The fourth-order valence-corrected chi connectivity index (χ4v) is 2.34. The first-order valence-electron chi connectivity index (χ1n) is 6.37. The van der Waals surface area contributed by atoms with Gasteiger partial charge in [0, 0.05) is 43.0 Å². The third-order valence-corrected chi connectivity index (χ3v) is 3.66. The van der Waals surface area contributed by atoms with Crippen LogP contribution < -0.4 is 0 Å². The Kier molecular flexibility index (Phi) is 5.43. The number of carbonyl (C=O) groups excluding carboxylic acids is 1. The molecule has 0 saturated heterocycles. The van der Waals surface area contributed by atoms with Gasteiger partial charge in [-0.25, -0.2) is 15.0 Å². The SMILES string of the molecule is CC(=O)SCCC(O)C(O)c1cnc(-n2ccnc2)nc1. The highest BCUT2D eigenvalue weighted by Crippen LogP contribution is 2.19. The number of imidazole rings is 1. The van der Waals surface area contributed by atoms with Gasteiger partial charge in [0.2, 0.25) is 5.95 Å². The minimum absolute atomic E-state index is 0.00953. The van der Waals surface area contributed by atoms with E-state index in [9.17, 15) is 15.0 Å². The average molecular weight is 308 g/mol. The molecule has 0 aliphatic heterocycles. The van der Waals surface area contributed by atoms with Crippen LogP contribution in [0, 0.1) is 0 Å². The first-order chi connectivity index (χ1) is 10.1. The molecular weight excluding hydrogens is 292 g/mol. The van der Waals surface area contributed by atoms with E-state index in [0.29, 0.717) is 23.7 Å². The molecule has 0 bridgehead atoms. The van der Waals surface area contributed by atoms with Crippen molar-refractivity contribution in [1.82, 2.24) is 19.5 Å². The highest BCUT2D eigenvalue weighted by molar-refractivity contribution is 8.13. The fraction of sp³-hybridized carbons (Fsp3) is 0.385. The predicted octanol–water partition coefficient (Wildman–Crippen LogP) is 0.726. The molecule has 0 saturated carbocycles. The average Bonchev–Trinajstić information content (AvgIpc) is 3.00. The molecule has 2 rings (SSSR count). The summed E-state index contributed by atoms with van der Waals surface area (Å²) in [5, 5.41) is 19.9. The molecular formula is C13H16N4O3S. The number of rotatable bonds is 6. The topological polar surface area (TPSA) is 101 Å². The third kappa shape index (κ3) is 4.35. The molecule has 21 heavy (non-hydrogen) atoms. The van der Waals surface area contributed by atoms with Crippen LogP contribution in [0.25, 0.3) is 5.95 Å². The van der Waals surface area contributed by atoms with Crippen LogP contribution in [0.15, 0.2) is 31.1 Å². The van der Waals surface area contributed by atoms with Crippen LogP contribution in [0.4, 0.5) is 0 Å². The lowest BCUT2D eigenvalue weighted by molar-refractivity contribution is -0.109. The number of carbonyl (C=O) groups is 1. The van der Waals surface area contributed by atoms with Crippen LogP contribution in [0.1, 0.15) is 25.0 Å². The zero-order valence-electron chi connectivity index (χ0n) is 11.5. The van der Waals surface area contributed by atoms with Crippen molar-refractivity contribution >= 4 is 16.9 Å². The Balaban J connectivity index is 1.96. The normalized spacial score (nSPS) is 13.9. The highest BCUT2D eigenvalue weighted by Gasteiger charge is 2.19. The molecule has 2 unspecified atom stereocenters. The zero-order chi connectivity index (χ0) is 15.2. The van der Waals surface area contributed by atoms with Gasteiger partial charge < -0.3 is 10.2 Å². The minimum atomic E-state index is -1.07. The van der Waals surface area contributed by atoms with Crippen molar-refractivity contribution in [2.24, 2.45) is 0 Å². The number of aliphatic hydroxyl groups excluding tert-OH is 2. The molecule has 0 radical (unpaired) electrons. The van der Waals surface area contributed by atoms with E-state index in [2.05, 4.69) is 15.0 Å². The first-order valence-corrected chi connectivity index (χ1v) is 7.36. The molecule has 0 fully saturated rings. The van der Waals surface area contributed by atoms with Crippen LogP contribution in [0.5, 0.6) is 0 Å². The molecule has 8 heteroatoms. The fourth-order valence-electron chi connectivity index (χ4n) is 1.70. The summed E-state index contributed by atoms with van der Waals surface area (Å²) in [6.45, 7) is 1.47. The van der Waals surface area contributed by atoms with Gasteiger partial charge in [-0.3, -0.25) is 9.36 Å². The monoisotopic (exact) mass is 308 g/mol. The number of aliphatic hydroxyl groups is 2. The van der Waals surface area contributed by atoms with E-state index in [1.807, 2.05) is 0 Å². The summed E-state index contributed by atoms with van der Waals surface area (Å²) in [6.07, 6.45) is 6.10. The molecule has 2 N–H and O–H groups in total. The van der Waals surface area contributed by atoms with Crippen molar-refractivity contribution in [2.75, 3.05) is 5.75 Å². The van der Waals surface area contributed by atoms with E-state index in [1.54, 1.807) is 23.3 Å². The molecule has 0 aliphatic carbocycles. The number of aromatic nitrogens is 4. The Morgan fingerprint density at radius 3 is 2.67 bits per heavy atom. The maximum Gasteiger partial charge on any atom is 0.234 e. The summed E-state index contributed by atoms with van der Waals surface area (Å²) in [4.78, 5) is 22.9. The lowest BCUT2D eigenvalue weighted by atomic mass is 10.1. The van der Waals surface area contributed by atoms with Crippen molar-refractivity contribution in [3.63, 3.8) is 0 Å². The summed E-state index contributed by atoms with van der Waals surface area (Å²) >= 11 is 1.12. The van der Waals surface area contributed by atoms with E-state index in [4.69, 9.17) is 0 Å². The van der Waals surface area contributed by atoms with Gasteiger partial charge in [0.1, 0.15) is 12.4 Å². The Labute approximate surface area is 126 Å². The van der Waals surface area contributed by atoms with Crippen molar-refractivity contribution < 1.29 is 15.0 Å². The highest BCUT2D eigenvalue weighted by atomic mass is 32.2. The Morgan fingerprint density at radius 1 is 1.38 bits per heavy atom. The van der Waals surface area contributed by atoms with E-state index in [1.165, 1.54) is 19.3 Å². The minimum Gasteiger partial charge on any atom is -0.390 e. The molecule has 0 aromatic carbocycles. The molecule has 0 aliphatic rings. The van der Waals surface area contributed by atoms with E-state index < -0.39 is 12.2 Å². The maximum atomic E-state index is 10.8. The molecule has 7 nitrogen and oxygen atoms in total. The number of thioether (sulfide) groups is 1. The van der Waals surface area contributed by atoms with Crippen LogP contribution in [-0.4, -0.2) is 46.7 Å². The van der Waals surface area contributed by atoms with Crippen molar-refractivity contribution in [3.05, 3.63) is 36.7 Å². The van der Waals surface area contributed by atoms with Crippen LogP contribution >= 0.6 is 11.8 Å². The summed E-state index contributed by atoms with van der Waals surface area (Å²) in [7, 11) is 0. The van der Waals surface area contributed by atoms with Gasteiger partial charge in [0.15, 0.2) is 5.12 Å². The lowest BCUT2D eigenvalue weighted by Crippen LogP contribution is -2.19. The second-order valence-electron chi connectivity index (χ2n) is 4.43.